The van der Waals surface area contributed by atoms with E-state index in [2.05, 4.69) is 28.8 Å². The maximum Gasteiger partial charge on any atom is 0.154 e. The lowest BCUT2D eigenvalue weighted by Crippen LogP contribution is -2.47. The van der Waals surface area contributed by atoms with Gasteiger partial charge in [-0.15, -0.1) is 5.92 Å². The summed E-state index contributed by atoms with van der Waals surface area (Å²) in [4.78, 5) is 9.08. The first-order valence-corrected chi connectivity index (χ1v) is 9.50. The molecule has 2 N–H and O–H groups in total. The van der Waals surface area contributed by atoms with Gasteiger partial charge in [-0.25, -0.2) is 4.68 Å². The van der Waals surface area contributed by atoms with Crippen molar-refractivity contribution in [1.82, 2.24) is 14.8 Å². The molecule has 0 aromatic carbocycles. The zero-order valence-electron chi connectivity index (χ0n) is 14.9. The van der Waals surface area contributed by atoms with E-state index in [1.54, 1.807) is 24.2 Å². The minimum Gasteiger partial charge on any atom is -0.380 e. The number of amidine groups is 1. The van der Waals surface area contributed by atoms with E-state index < -0.39 is 5.54 Å². The Hall–Kier alpha value is -2.30. The molecular formula is C19H21N5OS. The van der Waals surface area contributed by atoms with Crippen molar-refractivity contribution in [2.45, 2.75) is 25.8 Å². The van der Waals surface area contributed by atoms with Crippen molar-refractivity contribution in [1.29, 1.82) is 0 Å². The SMILES string of the molecule is CC#Cc1cncc(-n2cc(C3(C)CC4(COC4)CSC(N)=N3)cn2)c1. The number of pyridine rings is 1. The number of thioether (sulfide) groups is 1. The van der Waals surface area contributed by atoms with Crippen LogP contribution >= 0.6 is 11.8 Å². The van der Waals surface area contributed by atoms with Crippen molar-refractivity contribution >= 4 is 16.9 Å². The molecule has 1 fully saturated rings. The summed E-state index contributed by atoms with van der Waals surface area (Å²) >= 11 is 1.62. The fourth-order valence-electron chi connectivity index (χ4n) is 3.57. The minimum absolute atomic E-state index is 0.143. The van der Waals surface area contributed by atoms with Gasteiger partial charge in [0.2, 0.25) is 0 Å². The molecule has 0 aliphatic carbocycles. The third-order valence-electron chi connectivity index (χ3n) is 4.88. The van der Waals surface area contributed by atoms with Crippen LogP contribution in [-0.4, -0.2) is 38.9 Å². The molecule has 2 aromatic heterocycles. The molecule has 1 spiro atoms. The van der Waals surface area contributed by atoms with Crippen molar-refractivity contribution in [2.24, 2.45) is 16.1 Å². The number of hydrogen-bond acceptors (Lipinski definition) is 6. The highest BCUT2D eigenvalue weighted by molar-refractivity contribution is 8.13. The highest BCUT2D eigenvalue weighted by atomic mass is 32.2. The molecular weight excluding hydrogens is 346 g/mol. The average molecular weight is 367 g/mol. The number of nitrogens with two attached hydrogens (primary N) is 1. The Kier molecular flexibility index (Phi) is 4.25. The molecule has 0 amide bonds. The largest absolute Gasteiger partial charge is 0.380 e. The van der Waals surface area contributed by atoms with E-state index in [9.17, 15) is 0 Å². The van der Waals surface area contributed by atoms with Gasteiger partial charge in [0.1, 0.15) is 0 Å². The fraction of sp³-hybridized carbons (Fsp3) is 0.421. The van der Waals surface area contributed by atoms with Crippen molar-refractivity contribution < 1.29 is 4.74 Å². The number of rotatable bonds is 2. The smallest absolute Gasteiger partial charge is 0.154 e. The number of hydrogen-bond donors (Lipinski definition) is 1. The van der Waals surface area contributed by atoms with Gasteiger partial charge >= 0.3 is 0 Å². The second-order valence-electron chi connectivity index (χ2n) is 7.16. The van der Waals surface area contributed by atoms with E-state index in [1.807, 2.05) is 30.1 Å². The molecule has 0 radical (unpaired) electrons. The number of ether oxygens (including phenoxy) is 1. The Morgan fingerprint density at radius 1 is 1.31 bits per heavy atom. The molecule has 6 nitrogen and oxygen atoms in total. The molecule has 7 heteroatoms. The average Bonchev–Trinajstić information content (AvgIpc) is 3.03. The van der Waals surface area contributed by atoms with E-state index in [-0.39, 0.29) is 5.41 Å². The molecule has 2 aliphatic rings. The van der Waals surface area contributed by atoms with Crippen LogP contribution in [0.15, 0.2) is 35.8 Å². The molecule has 1 atom stereocenters. The lowest BCUT2D eigenvalue weighted by atomic mass is 9.74. The first kappa shape index (κ1) is 17.1. The molecule has 1 unspecified atom stereocenters. The van der Waals surface area contributed by atoms with Crippen LogP contribution in [0.1, 0.15) is 31.4 Å². The molecule has 1 saturated heterocycles. The summed E-state index contributed by atoms with van der Waals surface area (Å²) in [6.45, 7) is 5.48. The maximum absolute atomic E-state index is 6.14. The zero-order valence-corrected chi connectivity index (χ0v) is 15.7. The van der Waals surface area contributed by atoms with Crippen molar-refractivity contribution in [3.8, 4) is 17.5 Å². The zero-order chi connectivity index (χ0) is 18.2. The van der Waals surface area contributed by atoms with E-state index >= 15 is 0 Å². The van der Waals surface area contributed by atoms with E-state index in [0.29, 0.717) is 5.17 Å². The quantitative estimate of drug-likeness (QED) is 0.824. The predicted molar refractivity (Wildman–Crippen MR) is 103 cm³/mol. The van der Waals surface area contributed by atoms with Crippen LogP contribution in [0.3, 0.4) is 0 Å². The summed E-state index contributed by atoms with van der Waals surface area (Å²) < 4.78 is 7.32. The molecule has 2 aromatic rings. The second kappa shape index (κ2) is 6.45. The maximum atomic E-state index is 6.14. The molecule has 2 aliphatic heterocycles. The van der Waals surface area contributed by atoms with Crippen LogP contribution in [0, 0.1) is 17.3 Å². The topological polar surface area (TPSA) is 78.3 Å². The summed E-state index contributed by atoms with van der Waals surface area (Å²) in [5.74, 6) is 6.87. The number of aromatic nitrogens is 3. The van der Waals surface area contributed by atoms with Crippen LogP contribution in [-0.2, 0) is 10.3 Å². The van der Waals surface area contributed by atoms with E-state index in [4.69, 9.17) is 15.5 Å². The Balaban J connectivity index is 1.68. The first-order valence-electron chi connectivity index (χ1n) is 8.51. The first-order chi connectivity index (χ1) is 12.5. The summed E-state index contributed by atoms with van der Waals surface area (Å²) in [5.41, 5.74) is 8.66. The van der Waals surface area contributed by atoms with Gasteiger partial charge in [0.05, 0.1) is 36.8 Å². The highest BCUT2D eigenvalue weighted by Gasteiger charge is 2.47. The molecule has 134 valence electrons. The van der Waals surface area contributed by atoms with Crippen LogP contribution in [0.4, 0.5) is 0 Å². The van der Waals surface area contributed by atoms with Crippen LogP contribution in [0.5, 0.6) is 0 Å². The van der Waals surface area contributed by atoms with Gasteiger partial charge in [0.15, 0.2) is 5.17 Å². The van der Waals surface area contributed by atoms with Crippen molar-refractivity contribution in [3.63, 3.8) is 0 Å². The number of nitrogens with zero attached hydrogens (tertiary/aromatic N) is 4. The predicted octanol–water partition coefficient (Wildman–Crippen LogP) is 2.32. The monoisotopic (exact) mass is 367 g/mol. The Labute approximate surface area is 157 Å². The third kappa shape index (κ3) is 3.11. The van der Waals surface area contributed by atoms with Gasteiger partial charge in [-0.3, -0.25) is 9.98 Å². The lowest BCUT2D eigenvalue weighted by molar-refractivity contribution is -0.111. The lowest BCUT2D eigenvalue weighted by Gasteiger charge is -2.44. The van der Waals surface area contributed by atoms with Crippen LogP contribution in [0.2, 0.25) is 0 Å². The molecule has 26 heavy (non-hydrogen) atoms. The minimum atomic E-state index is -0.413. The van der Waals surface area contributed by atoms with Gasteiger partial charge in [-0.2, -0.15) is 5.10 Å². The molecule has 0 saturated carbocycles. The molecule has 0 bridgehead atoms. The summed E-state index contributed by atoms with van der Waals surface area (Å²) in [7, 11) is 0. The van der Waals surface area contributed by atoms with Gasteiger partial charge < -0.3 is 10.5 Å². The Bertz CT molecular complexity index is 921. The standard InChI is InChI=1S/C19H21N5OS/c1-3-4-14-5-16(8-21-6-14)24-9-15(7-22-24)18(2)10-19(11-25-12-19)13-26-17(20)23-18/h5-9H,10-13H2,1-2H3,(H2,20,23). The Morgan fingerprint density at radius 3 is 2.88 bits per heavy atom. The van der Waals surface area contributed by atoms with Crippen molar-refractivity contribution in [2.75, 3.05) is 19.0 Å². The summed E-state index contributed by atoms with van der Waals surface area (Å²) in [6.07, 6.45) is 8.32. The molecule has 4 rings (SSSR count). The molecule has 4 heterocycles. The van der Waals surface area contributed by atoms with Gasteiger partial charge in [0.25, 0.3) is 0 Å². The summed E-state index contributed by atoms with van der Waals surface area (Å²) in [6, 6.07) is 1.98. The number of aliphatic imine (C=N–C) groups is 1. The van der Waals surface area contributed by atoms with Crippen LogP contribution in [0.25, 0.3) is 5.69 Å². The third-order valence-corrected chi connectivity index (χ3v) is 6.02. The fourth-order valence-corrected chi connectivity index (χ4v) is 4.56. The Morgan fingerprint density at radius 2 is 2.15 bits per heavy atom. The highest BCUT2D eigenvalue weighted by Crippen LogP contribution is 2.46. The van der Waals surface area contributed by atoms with E-state index in [0.717, 1.165) is 42.2 Å². The van der Waals surface area contributed by atoms with Crippen LogP contribution < -0.4 is 5.73 Å². The normalized spacial score (nSPS) is 24.2. The summed E-state index contributed by atoms with van der Waals surface area (Å²) in [5, 5.41) is 5.17. The van der Waals surface area contributed by atoms with Gasteiger partial charge in [0, 0.05) is 34.7 Å². The van der Waals surface area contributed by atoms with Gasteiger partial charge in [-0.05, 0) is 26.3 Å². The van der Waals surface area contributed by atoms with Crippen molar-refractivity contribution in [3.05, 3.63) is 42.0 Å². The second-order valence-corrected chi connectivity index (χ2v) is 8.16. The van der Waals surface area contributed by atoms with E-state index in [1.165, 1.54) is 0 Å². The van der Waals surface area contributed by atoms with Gasteiger partial charge in [-0.1, -0.05) is 17.7 Å².